The molecule has 2 unspecified atom stereocenters. The van der Waals surface area contributed by atoms with Crippen molar-refractivity contribution in [2.24, 2.45) is 5.73 Å². The van der Waals surface area contributed by atoms with E-state index < -0.39 is 6.10 Å². The summed E-state index contributed by atoms with van der Waals surface area (Å²) < 4.78 is 0. The van der Waals surface area contributed by atoms with Crippen LogP contribution in [0.2, 0.25) is 0 Å². The summed E-state index contributed by atoms with van der Waals surface area (Å²) in [4.78, 5) is 4.34. The maximum Gasteiger partial charge on any atom is 0.105 e. The van der Waals surface area contributed by atoms with Crippen molar-refractivity contribution >= 4 is 11.3 Å². The van der Waals surface area contributed by atoms with E-state index in [9.17, 15) is 5.11 Å². The average molecular weight is 262 g/mol. The molecule has 0 fully saturated rings. The van der Waals surface area contributed by atoms with Gasteiger partial charge < -0.3 is 10.8 Å². The third-order valence-electron chi connectivity index (χ3n) is 3.05. The number of aromatic nitrogens is 1. The number of rotatable bonds is 4. The van der Waals surface area contributed by atoms with Gasteiger partial charge in [0.15, 0.2) is 0 Å². The van der Waals surface area contributed by atoms with Crippen molar-refractivity contribution < 1.29 is 5.11 Å². The van der Waals surface area contributed by atoms with Gasteiger partial charge in [0.2, 0.25) is 0 Å². The Bertz CT molecular complexity index is 524. The predicted molar refractivity (Wildman–Crippen MR) is 74.8 cm³/mol. The minimum absolute atomic E-state index is 0.105. The fraction of sp³-hybridized carbons (Fsp3) is 0.357. The number of aryl methyl sites for hydroxylation is 2. The van der Waals surface area contributed by atoms with Gasteiger partial charge in [0, 0.05) is 17.8 Å². The summed E-state index contributed by atoms with van der Waals surface area (Å²) in [5.41, 5.74) is 8.77. The quantitative estimate of drug-likeness (QED) is 0.890. The number of nitrogens with zero attached hydrogens (tertiary/aromatic N) is 1. The predicted octanol–water partition coefficient (Wildman–Crippen LogP) is 2.54. The van der Waals surface area contributed by atoms with E-state index in [-0.39, 0.29) is 5.92 Å². The van der Waals surface area contributed by atoms with Gasteiger partial charge in [-0.1, -0.05) is 29.8 Å². The minimum Gasteiger partial charge on any atom is -0.386 e. The van der Waals surface area contributed by atoms with E-state index in [1.54, 1.807) is 11.3 Å². The first kappa shape index (κ1) is 13.2. The van der Waals surface area contributed by atoms with Crippen LogP contribution in [0.1, 0.15) is 33.9 Å². The van der Waals surface area contributed by atoms with Gasteiger partial charge in [0.05, 0.1) is 10.7 Å². The summed E-state index contributed by atoms with van der Waals surface area (Å²) in [7, 11) is 0. The molecule has 2 atom stereocenters. The fourth-order valence-electron chi connectivity index (χ4n) is 2.07. The van der Waals surface area contributed by atoms with Crippen LogP contribution >= 0.6 is 11.3 Å². The van der Waals surface area contributed by atoms with Crippen LogP contribution in [0.25, 0.3) is 0 Å². The van der Waals surface area contributed by atoms with Crippen molar-refractivity contribution in [3.05, 3.63) is 51.5 Å². The SMILES string of the molecule is Cc1cccc(C(CN)C(O)c2csc(C)n2)c1. The molecular weight excluding hydrogens is 244 g/mol. The van der Waals surface area contributed by atoms with Crippen LogP contribution in [0.15, 0.2) is 29.6 Å². The minimum atomic E-state index is -0.637. The zero-order valence-electron chi connectivity index (χ0n) is 10.6. The molecule has 0 amide bonds. The highest BCUT2D eigenvalue weighted by Gasteiger charge is 2.23. The Balaban J connectivity index is 2.28. The van der Waals surface area contributed by atoms with Crippen LogP contribution in [0.3, 0.4) is 0 Å². The van der Waals surface area contributed by atoms with Gasteiger partial charge in [-0.3, -0.25) is 0 Å². The van der Waals surface area contributed by atoms with Crippen molar-refractivity contribution in [1.29, 1.82) is 0 Å². The molecule has 0 saturated carbocycles. The monoisotopic (exact) mass is 262 g/mol. The summed E-state index contributed by atoms with van der Waals surface area (Å²) in [6.45, 7) is 4.38. The Kier molecular flexibility index (Phi) is 4.11. The van der Waals surface area contributed by atoms with E-state index in [0.717, 1.165) is 16.3 Å². The Morgan fingerprint density at radius 1 is 1.39 bits per heavy atom. The molecule has 96 valence electrons. The summed E-state index contributed by atoms with van der Waals surface area (Å²) in [5.74, 6) is -0.105. The lowest BCUT2D eigenvalue weighted by Gasteiger charge is -2.20. The maximum absolute atomic E-state index is 10.4. The van der Waals surface area contributed by atoms with Gasteiger partial charge in [-0.2, -0.15) is 0 Å². The van der Waals surface area contributed by atoms with Gasteiger partial charge >= 0.3 is 0 Å². The van der Waals surface area contributed by atoms with E-state index >= 15 is 0 Å². The number of nitrogens with two attached hydrogens (primary N) is 1. The summed E-state index contributed by atoms with van der Waals surface area (Å²) in [6, 6.07) is 8.11. The zero-order chi connectivity index (χ0) is 13.1. The van der Waals surface area contributed by atoms with Crippen LogP contribution in [0, 0.1) is 13.8 Å². The lowest BCUT2D eigenvalue weighted by molar-refractivity contribution is 0.143. The molecule has 3 nitrogen and oxygen atoms in total. The van der Waals surface area contributed by atoms with Crippen LogP contribution in [0.5, 0.6) is 0 Å². The summed E-state index contributed by atoms with van der Waals surface area (Å²) in [6.07, 6.45) is -0.637. The van der Waals surface area contributed by atoms with Crippen molar-refractivity contribution in [2.45, 2.75) is 25.9 Å². The molecule has 0 radical (unpaired) electrons. The molecule has 1 heterocycles. The molecule has 1 aromatic heterocycles. The second-order valence-corrected chi connectivity index (χ2v) is 5.55. The van der Waals surface area contributed by atoms with Crippen LogP contribution in [-0.2, 0) is 0 Å². The first-order chi connectivity index (χ1) is 8.61. The molecule has 18 heavy (non-hydrogen) atoms. The topological polar surface area (TPSA) is 59.1 Å². The highest BCUT2D eigenvalue weighted by Crippen LogP contribution is 2.31. The number of hydrogen-bond donors (Lipinski definition) is 2. The highest BCUT2D eigenvalue weighted by molar-refractivity contribution is 7.09. The van der Waals surface area contributed by atoms with Gasteiger partial charge in [0.1, 0.15) is 6.10 Å². The van der Waals surface area contributed by atoms with Gasteiger partial charge in [-0.25, -0.2) is 4.98 Å². The van der Waals surface area contributed by atoms with Crippen LogP contribution in [0.4, 0.5) is 0 Å². The standard InChI is InChI=1S/C14H18N2OS/c1-9-4-3-5-11(6-9)12(7-15)14(17)13-8-18-10(2)16-13/h3-6,8,12,14,17H,7,15H2,1-2H3. The smallest absolute Gasteiger partial charge is 0.105 e. The molecular formula is C14H18N2OS. The molecule has 0 aliphatic rings. The number of benzene rings is 1. The molecule has 3 N–H and O–H groups in total. The Labute approximate surface area is 111 Å². The summed E-state index contributed by atoms with van der Waals surface area (Å²) >= 11 is 1.55. The molecule has 4 heteroatoms. The zero-order valence-corrected chi connectivity index (χ0v) is 11.4. The Morgan fingerprint density at radius 3 is 2.72 bits per heavy atom. The van der Waals surface area contributed by atoms with E-state index in [1.807, 2.05) is 37.4 Å². The molecule has 0 bridgehead atoms. The molecule has 0 spiro atoms. The number of aliphatic hydroxyl groups excluding tert-OH is 1. The molecule has 0 aliphatic heterocycles. The first-order valence-corrected chi connectivity index (χ1v) is 6.86. The molecule has 0 aliphatic carbocycles. The van der Waals surface area contributed by atoms with Gasteiger partial charge in [-0.05, 0) is 19.4 Å². The molecule has 1 aromatic carbocycles. The molecule has 0 saturated heterocycles. The second kappa shape index (κ2) is 5.61. The van der Waals surface area contributed by atoms with Crippen LogP contribution < -0.4 is 5.73 Å². The third kappa shape index (κ3) is 2.77. The highest BCUT2D eigenvalue weighted by atomic mass is 32.1. The number of hydrogen-bond acceptors (Lipinski definition) is 4. The second-order valence-electron chi connectivity index (χ2n) is 4.49. The Hall–Kier alpha value is -1.23. The Morgan fingerprint density at radius 2 is 2.17 bits per heavy atom. The number of thiazole rings is 1. The fourth-order valence-corrected chi connectivity index (χ4v) is 2.71. The van der Waals surface area contributed by atoms with Gasteiger partial charge in [-0.15, -0.1) is 11.3 Å². The summed E-state index contributed by atoms with van der Waals surface area (Å²) in [5, 5.41) is 13.3. The van der Waals surface area contributed by atoms with Crippen LogP contribution in [-0.4, -0.2) is 16.6 Å². The average Bonchev–Trinajstić information content (AvgIpc) is 2.77. The molecule has 2 rings (SSSR count). The molecule has 2 aromatic rings. The van der Waals surface area contributed by atoms with E-state index in [1.165, 1.54) is 5.56 Å². The normalized spacial score (nSPS) is 14.4. The van der Waals surface area contributed by atoms with Crippen molar-refractivity contribution in [3.8, 4) is 0 Å². The lowest BCUT2D eigenvalue weighted by atomic mass is 9.91. The van der Waals surface area contributed by atoms with E-state index in [4.69, 9.17) is 5.73 Å². The number of aliphatic hydroxyl groups is 1. The van der Waals surface area contributed by atoms with E-state index in [0.29, 0.717) is 6.54 Å². The third-order valence-corrected chi connectivity index (χ3v) is 3.84. The van der Waals surface area contributed by atoms with E-state index in [2.05, 4.69) is 11.1 Å². The maximum atomic E-state index is 10.4. The van der Waals surface area contributed by atoms with Crippen molar-refractivity contribution in [2.75, 3.05) is 6.54 Å². The van der Waals surface area contributed by atoms with Crippen molar-refractivity contribution in [1.82, 2.24) is 4.98 Å². The van der Waals surface area contributed by atoms with Gasteiger partial charge in [0.25, 0.3) is 0 Å². The largest absolute Gasteiger partial charge is 0.386 e. The first-order valence-electron chi connectivity index (χ1n) is 5.98. The lowest BCUT2D eigenvalue weighted by Crippen LogP contribution is -2.20. The van der Waals surface area contributed by atoms with Crippen molar-refractivity contribution in [3.63, 3.8) is 0 Å².